The summed E-state index contributed by atoms with van der Waals surface area (Å²) >= 11 is 8.43. The molecule has 0 aromatic heterocycles. The van der Waals surface area contributed by atoms with E-state index in [4.69, 9.17) is 21.7 Å². The Balaban J connectivity index is 1.75. The lowest BCUT2D eigenvalue weighted by molar-refractivity contribution is -0.123. The quantitative estimate of drug-likeness (QED) is 0.295. The minimum atomic E-state index is -0.441. The standard InChI is InChI=1S/C21H24BrN3O4S/c1-3-4-11-28-18-10-7-15(12-17(18)22)20(27)23-21(30)25-24-19(26)13-29-16-8-5-14(2)6-9-16/h5-10,12H,3-4,11,13H2,1-2H3,(H,24,26)(H2,23,25,27,30). The Bertz CT molecular complexity index is 890. The lowest BCUT2D eigenvalue weighted by Crippen LogP contribution is -2.49. The molecule has 2 amide bonds. The number of rotatable bonds is 8. The number of benzene rings is 2. The molecule has 2 rings (SSSR count). The third-order valence-corrected chi connectivity index (χ3v) is 4.71. The number of carbonyl (C=O) groups is 2. The van der Waals surface area contributed by atoms with E-state index in [0.717, 1.165) is 18.4 Å². The molecule has 0 saturated heterocycles. The molecule has 0 heterocycles. The molecule has 3 N–H and O–H groups in total. The lowest BCUT2D eigenvalue weighted by Gasteiger charge is -2.12. The number of hydrogen-bond donors (Lipinski definition) is 3. The number of ether oxygens (including phenoxy) is 2. The molecule has 160 valence electrons. The molecule has 0 atom stereocenters. The first kappa shape index (κ1) is 23.6. The number of unbranched alkanes of at least 4 members (excludes halogenated alkanes) is 1. The molecule has 0 aliphatic rings. The van der Waals surface area contributed by atoms with Gasteiger partial charge in [0.15, 0.2) is 11.7 Å². The van der Waals surface area contributed by atoms with Crippen molar-refractivity contribution in [1.29, 1.82) is 0 Å². The SMILES string of the molecule is CCCCOc1ccc(C(=O)NC(=S)NNC(=O)COc2ccc(C)cc2)cc1Br. The second kappa shape index (κ2) is 12.1. The van der Waals surface area contributed by atoms with E-state index in [0.29, 0.717) is 28.1 Å². The number of halogens is 1. The van der Waals surface area contributed by atoms with Crippen LogP contribution in [-0.4, -0.2) is 30.1 Å². The molecule has 7 nitrogen and oxygen atoms in total. The first-order valence-corrected chi connectivity index (χ1v) is 10.6. The van der Waals surface area contributed by atoms with Gasteiger partial charge in [0.05, 0.1) is 11.1 Å². The molecule has 0 radical (unpaired) electrons. The summed E-state index contributed by atoms with van der Waals surface area (Å²) in [6.45, 7) is 4.47. The zero-order valence-electron chi connectivity index (χ0n) is 16.8. The number of amides is 2. The lowest BCUT2D eigenvalue weighted by atomic mass is 10.2. The molecule has 30 heavy (non-hydrogen) atoms. The first-order chi connectivity index (χ1) is 14.4. The molecule has 0 spiro atoms. The average molecular weight is 494 g/mol. The van der Waals surface area contributed by atoms with Crippen molar-refractivity contribution in [3.05, 3.63) is 58.1 Å². The van der Waals surface area contributed by atoms with E-state index in [2.05, 4.69) is 39.0 Å². The predicted octanol–water partition coefficient (Wildman–Crippen LogP) is 3.65. The molecule has 0 saturated carbocycles. The smallest absolute Gasteiger partial charge is 0.276 e. The first-order valence-electron chi connectivity index (χ1n) is 9.41. The Morgan fingerprint density at radius 3 is 2.47 bits per heavy atom. The second-order valence-electron chi connectivity index (χ2n) is 6.41. The molecule has 0 fully saturated rings. The normalized spacial score (nSPS) is 10.1. The Morgan fingerprint density at radius 1 is 1.07 bits per heavy atom. The van der Waals surface area contributed by atoms with Gasteiger partial charge in [0.1, 0.15) is 11.5 Å². The Labute approximate surface area is 189 Å². The minimum absolute atomic E-state index is 0.0388. The summed E-state index contributed by atoms with van der Waals surface area (Å²) < 4.78 is 11.7. The van der Waals surface area contributed by atoms with Crippen molar-refractivity contribution in [2.24, 2.45) is 0 Å². The third-order valence-electron chi connectivity index (χ3n) is 3.88. The van der Waals surface area contributed by atoms with E-state index >= 15 is 0 Å². The van der Waals surface area contributed by atoms with Crippen LogP contribution in [0.3, 0.4) is 0 Å². The number of nitrogens with one attached hydrogen (secondary N) is 3. The number of thiocarbonyl (C=S) groups is 1. The highest BCUT2D eigenvalue weighted by Crippen LogP contribution is 2.26. The molecule has 2 aromatic carbocycles. The van der Waals surface area contributed by atoms with Gasteiger partial charge in [0.25, 0.3) is 11.8 Å². The predicted molar refractivity (Wildman–Crippen MR) is 123 cm³/mol. The van der Waals surface area contributed by atoms with Crippen LogP contribution < -0.4 is 25.6 Å². The van der Waals surface area contributed by atoms with E-state index < -0.39 is 11.8 Å². The summed E-state index contributed by atoms with van der Waals surface area (Å²) in [6, 6.07) is 12.3. The van der Waals surface area contributed by atoms with Gasteiger partial charge in [0, 0.05) is 5.56 Å². The van der Waals surface area contributed by atoms with Crippen molar-refractivity contribution in [3.8, 4) is 11.5 Å². The van der Waals surface area contributed by atoms with Crippen LogP contribution in [-0.2, 0) is 4.79 Å². The minimum Gasteiger partial charge on any atom is -0.492 e. The van der Waals surface area contributed by atoms with Crippen molar-refractivity contribution in [3.63, 3.8) is 0 Å². The second-order valence-corrected chi connectivity index (χ2v) is 7.67. The monoisotopic (exact) mass is 493 g/mol. The van der Waals surface area contributed by atoms with Crippen LogP contribution in [0.2, 0.25) is 0 Å². The topological polar surface area (TPSA) is 88.7 Å². The van der Waals surface area contributed by atoms with Gasteiger partial charge in [-0.3, -0.25) is 25.8 Å². The Kier molecular flexibility index (Phi) is 9.56. The van der Waals surface area contributed by atoms with E-state index in [-0.39, 0.29) is 11.7 Å². The van der Waals surface area contributed by atoms with Crippen molar-refractivity contribution in [2.45, 2.75) is 26.7 Å². The fourth-order valence-corrected chi connectivity index (χ4v) is 2.88. The van der Waals surface area contributed by atoms with E-state index in [1.807, 2.05) is 19.1 Å². The van der Waals surface area contributed by atoms with Crippen molar-refractivity contribution >= 4 is 45.1 Å². The fourth-order valence-electron chi connectivity index (χ4n) is 2.24. The van der Waals surface area contributed by atoms with E-state index in [9.17, 15) is 9.59 Å². The van der Waals surface area contributed by atoms with Crippen LogP contribution in [0.25, 0.3) is 0 Å². The number of hydrogen-bond acceptors (Lipinski definition) is 5. The highest BCUT2D eigenvalue weighted by molar-refractivity contribution is 9.10. The van der Waals surface area contributed by atoms with Gasteiger partial charge in [-0.2, -0.15) is 0 Å². The van der Waals surface area contributed by atoms with Crippen LogP contribution >= 0.6 is 28.1 Å². The van der Waals surface area contributed by atoms with Crippen molar-refractivity contribution in [2.75, 3.05) is 13.2 Å². The van der Waals surface area contributed by atoms with Gasteiger partial charge >= 0.3 is 0 Å². The van der Waals surface area contributed by atoms with Crippen LogP contribution in [0.15, 0.2) is 46.9 Å². The van der Waals surface area contributed by atoms with Crippen LogP contribution in [0.1, 0.15) is 35.7 Å². The maximum Gasteiger partial charge on any atom is 0.276 e. The zero-order valence-corrected chi connectivity index (χ0v) is 19.2. The largest absolute Gasteiger partial charge is 0.492 e. The molecular formula is C21H24BrN3O4S. The average Bonchev–Trinajstić information content (AvgIpc) is 2.73. The van der Waals surface area contributed by atoms with Gasteiger partial charge in [-0.1, -0.05) is 31.0 Å². The van der Waals surface area contributed by atoms with Crippen molar-refractivity contribution < 1.29 is 19.1 Å². The van der Waals surface area contributed by atoms with Crippen LogP contribution in [0.5, 0.6) is 11.5 Å². The maximum atomic E-state index is 12.3. The molecular weight excluding hydrogens is 470 g/mol. The van der Waals surface area contributed by atoms with Crippen LogP contribution in [0, 0.1) is 6.92 Å². The highest BCUT2D eigenvalue weighted by atomic mass is 79.9. The highest BCUT2D eigenvalue weighted by Gasteiger charge is 2.11. The molecule has 0 aliphatic heterocycles. The molecule has 0 unspecified atom stereocenters. The van der Waals surface area contributed by atoms with Crippen molar-refractivity contribution in [1.82, 2.24) is 16.2 Å². The molecule has 9 heteroatoms. The summed E-state index contributed by atoms with van der Waals surface area (Å²) in [7, 11) is 0. The maximum absolute atomic E-state index is 12.3. The summed E-state index contributed by atoms with van der Waals surface area (Å²) in [5.41, 5.74) is 6.33. The number of carbonyl (C=O) groups excluding carboxylic acids is 2. The third kappa shape index (κ3) is 8.00. The van der Waals surface area contributed by atoms with E-state index in [1.165, 1.54) is 0 Å². The van der Waals surface area contributed by atoms with Gasteiger partial charge in [0.2, 0.25) is 0 Å². The van der Waals surface area contributed by atoms with Gasteiger partial charge < -0.3 is 9.47 Å². The molecule has 0 aliphatic carbocycles. The summed E-state index contributed by atoms with van der Waals surface area (Å²) in [4.78, 5) is 24.2. The van der Waals surface area contributed by atoms with Gasteiger partial charge in [-0.25, -0.2) is 0 Å². The number of hydrazine groups is 1. The van der Waals surface area contributed by atoms with Gasteiger partial charge in [-0.15, -0.1) is 0 Å². The summed E-state index contributed by atoms with van der Waals surface area (Å²) in [5.74, 6) is 0.392. The zero-order chi connectivity index (χ0) is 21.9. The Morgan fingerprint density at radius 2 is 1.80 bits per heavy atom. The summed E-state index contributed by atoms with van der Waals surface area (Å²) in [5, 5.41) is 2.46. The molecule has 0 bridgehead atoms. The molecule has 2 aromatic rings. The number of aryl methyl sites for hydroxylation is 1. The Hall–Kier alpha value is -2.65. The summed E-state index contributed by atoms with van der Waals surface area (Å²) in [6.07, 6.45) is 1.99. The van der Waals surface area contributed by atoms with Gasteiger partial charge in [-0.05, 0) is 71.8 Å². The van der Waals surface area contributed by atoms with Crippen LogP contribution in [0.4, 0.5) is 0 Å². The van der Waals surface area contributed by atoms with E-state index in [1.54, 1.807) is 30.3 Å². The fraction of sp³-hybridized carbons (Fsp3) is 0.286.